The molecule has 80 valence electrons. The number of nitrogens with zero attached hydrogens (tertiary/aromatic N) is 3. The Bertz CT molecular complexity index is 502. The van der Waals surface area contributed by atoms with E-state index in [1.807, 2.05) is 24.3 Å². The SMILES string of the molecule is [N-]=[N+]=C1C(CCOC=O)=Nc2ccccc21. The number of rotatable bonds is 4. The molecule has 16 heavy (non-hydrogen) atoms. The lowest BCUT2D eigenvalue weighted by Crippen LogP contribution is -2.14. The minimum atomic E-state index is 0.231. The largest absolute Gasteiger partial charge is 0.467 e. The average molecular weight is 215 g/mol. The second-order valence-electron chi connectivity index (χ2n) is 3.24. The number of benzene rings is 1. The highest BCUT2D eigenvalue weighted by Gasteiger charge is 2.28. The van der Waals surface area contributed by atoms with E-state index in [4.69, 9.17) is 5.53 Å². The molecule has 1 aromatic carbocycles. The molecule has 0 saturated carbocycles. The monoisotopic (exact) mass is 215 g/mol. The molecular weight excluding hydrogens is 206 g/mol. The fourth-order valence-electron chi connectivity index (χ4n) is 1.61. The highest BCUT2D eigenvalue weighted by molar-refractivity contribution is 6.50. The summed E-state index contributed by atoms with van der Waals surface area (Å²) >= 11 is 0. The summed E-state index contributed by atoms with van der Waals surface area (Å²) < 4.78 is 4.59. The smallest absolute Gasteiger partial charge is 0.346 e. The van der Waals surface area contributed by atoms with Gasteiger partial charge in [-0.25, -0.2) is 4.99 Å². The Kier molecular flexibility index (Phi) is 2.89. The van der Waals surface area contributed by atoms with E-state index < -0.39 is 0 Å². The molecule has 0 spiro atoms. The van der Waals surface area contributed by atoms with Crippen LogP contribution in [0.5, 0.6) is 0 Å². The first-order chi connectivity index (χ1) is 7.86. The third-order valence-corrected chi connectivity index (χ3v) is 2.31. The zero-order chi connectivity index (χ0) is 11.4. The molecule has 1 aliphatic rings. The van der Waals surface area contributed by atoms with E-state index >= 15 is 0 Å². The Morgan fingerprint density at radius 2 is 2.25 bits per heavy atom. The Balaban J connectivity index is 2.24. The first-order valence-electron chi connectivity index (χ1n) is 4.81. The summed E-state index contributed by atoms with van der Waals surface area (Å²) in [5.41, 5.74) is 11.6. The van der Waals surface area contributed by atoms with Crippen LogP contribution in [0, 0.1) is 0 Å². The predicted octanol–water partition coefficient (Wildman–Crippen LogP) is 1.35. The highest BCUT2D eigenvalue weighted by atomic mass is 16.5. The van der Waals surface area contributed by atoms with E-state index in [0.717, 1.165) is 11.3 Å². The van der Waals surface area contributed by atoms with Crippen LogP contribution in [0.1, 0.15) is 12.0 Å². The number of fused-ring (bicyclic) bond motifs is 1. The molecule has 0 aromatic heterocycles. The Labute approximate surface area is 92.0 Å². The van der Waals surface area contributed by atoms with E-state index in [0.29, 0.717) is 24.3 Å². The molecule has 0 N–H and O–H groups in total. The topological polar surface area (TPSA) is 75.1 Å². The van der Waals surface area contributed by atoms with Crippen LogP contribution in [0.15, 0.2) is 29.3 Å². The van der Waals surface area contributed by atoms with Crippen molar-refractivity contribution < 1.29 is 14.3 Å². The van der Waals surface area contributed by atoms with Gasteiger partial charge in [0.15, 0.2) is 0 Å². The van der Waals surface area contributed by atoms with E-state index in [1.54, 1.807) is 0 Å². The predicted molar refractivity (Wildman–Crippen MR) is 57.9 cm³/mol. The number of hydrogen-bond donors (Lipinski definition) is 0. The van der Waals surface area contributed by atoms with Gasteiger partial charge in [-0.3, -0.25) is 4.79 Å². The molecule has 2 rings (SSSR count). The van der Waals surface area contributed by atoms with E-state index in [-0.39, 0.29) is 6.61 Å². The number of carbonyl (C=O) groups is 1. The highest BCUT2D eigenvalue weighted by Crippen LogP contribution is 2.26. The van der Waals surface area contributed by atoms with Gasteiger partial charge in [-0.2, -0.15) is 4.79 Å². The number of aliphatic imine (C=N–C) groups is 1. The molecule has 0 unspecified atom stereocenters. The van der Waals surface area contributed by atoms with Crippen LogP contribution in [0.3, 0.4) is 0 Å². The van der Waals surface area contributed by atoms with E-state index in [1.165, 1.54) is 0 Å². The second kappa shape index (κ2) is 4.51. The third-order valence-electron chi connectivity index (χ3n) is 2.31. The van der Waals surface area contributed by atoms with Crippen molar-refractivity contribution in [1.29, 1.82) is 0 Å². The quantitative estimate of drug-likeness (QED) is 0.329. The molecule has 1 aliphatic heterocycles. The number of carbonyl (C=O) groups excluding carboxylic acids is 1. The Hall–Kier alpha value is -2.26. The van der Waals surface area contributed by atoms with E-state index in [9.17, 15) is 4.79 Å². The molecule has 0 bridgehead atoms. The normalized spacial score (nSPS) is 12.8. The second-order valence-corrected chi connectivity index (χ2v) is 3.24. The van der Waals surface area contributed by atoms with Crippen molar-refractivity contribution in [3.05, 3.63) is 35.4 Å². The lowest BCUT2D eigenvalue weighted by atomic mass is 10.1. The molecule has 1 heterocycles. The molecule has 0 radical (unpaired) electrons. The van der Waals surface area contributed by atoms with Crippen molar-refractivity contribution in [2.45, 2.75) is 6.42 Å². The van der Waals surface area contributed by atoms with Crippen LogP contribution in [0.25, 0.3) is 5.53 Å². The summed E-state index contributed by atoms with van der Waals surface area (Å²) in [6, 6.07) is 7.39. The van der Waals surface area contributed by atoms with E-state index in [2.05, 4.69) is 14.5 Å². The number of hydrogen-bond acceptors (Lipinski definition) is 3. The molecule has 1 aromatic rings. The first-order valence-corrected chi connectivity index (χ1v) is 4.81. The first kappa shape index (κ1) is 10.3. The van der Waals surface area contributed by atoms with Gasteiger partial charge in [-0.15, -0.1) is 0 Å². The summed E-state index contributed by atoms with van der Waals surface area (Å²) in [5.74, 6) is 0. The maximum absolute atomic E-state index is 10.0. The molecule has 5 nitrogen and oxygen atoms in total. The van der Waals surface area contributed by atoms with Crippen molar-refractivity contribution in [2.24, 2.45) is 4.99 Å². The van der Waals surface area contributed by atoms with Gasteiger partial charge in [-0.05, 0) is 12.1 Å². The van der Waals surface area contributed by atoms with Gasteiger partial charge in [0.05, 0.1) is 17.9 Å². The van der Waals surface area contributed by atoms with Crippen LogP contribution in [0.4, 0.5) is 5.69 Å². The Morgan fingerprint density at radius 1 is 1.44 bits per heavy atom. The van der Waals surface area contributed by atoms with Gasteiger partial charge < -0.3 is 10.3 Å². The number of ether oxygens (including phenoxy) is 1. The van der Waals surface area contributed by atoms with Gasteiger partial charge in [-0.1, -0.05) is 12.1 Å². The number of para-hydroxylation sites is 1. The summed E-state index contributed by atoms with van der Waals surface area (Å²) in [4.78, 5) is 17.5. The van der Waals surface area contributed by atoms with Gasteiger partial charge in [0.25, 0.3) is 6.47 Å². The van der Waals surface area contributed by atoms with Crippen molar-refractivity contribution in [2.75, 3.05) is 6.61 Å². The molecule has 0 saturated heterocycles. The van der Waals surface area contributed by atoms with Crippen LogP contribution in [-0.2, 0) is 9.53 Å². The summed E-state index contributed by atoms with van der Waals surface area (Å²) in [6.07, 6.45) is 0.437. The summed E-state index contributed by atoms with van der Waals surface area (Å²) in [7, 11) is 0. The fourth-order valence-corrected chi connectivity index (χ4v) is 1.61. The van der Waals surface area contributed by atoms with Crippen LogP contribution in [-0.4, -0.2) is 29.3 Å². The lowest BCUT2D eigenvalue weighted by molar-refractivity contribution is -0.128. The van der Waals surface area contributed by atoms with Crippen molar-refractivity contribution in [3.8, 4) is 0 Å². The standard InChI is InChI=1S/C11H9N3O2/c12-14-11-8-3-1-2-4-9(8)13-10(11)5-6-16-7-15/h1-4,7H,5-6H2. The van der Waals surface area contributed by atoms with Crippen molar-refractivity contribution in [1.82, 2.24) is 0 Å². The molecule has 5 heteroatoms. The third kappa shape index (κ3) is 1.76. The van der Waals surface area contributed by atoms with Crippen LogP contribution in [0.2, 0.25) is 0 Å². The molecule has 0 aliphatic carbocycles. The minimum Gasteiger partial charge on any atom is -0.467 e. The summed E-state index contributed by atoms with van der Waals surface area (Å²) in [6.45, 7) is 0.619. The lowest BCUT2D eigenvalue weighted by Gasteiger charge is -1.94. The zero-order valence-corrected chi connectivity index (χ0v) is 8.46. The molecule has 0 fully saturated rings. The van der Waals surface area contributed by atoms with Gasteiger partial charge in [0, 0.05) is 6.42 Å². The van der Waals surface area contributed by atoms with Gasteiger partial charge in [0.1, 0.15) is 5.71 Å². The zero-order valence-electron chi connectivity index (χ0n) is 8.46. The van der Waals surface area contributed by atoms with Gasteiger partial charge >= 0.3 is 5.71 Å². The molecule has 0 amide bonds. The summed E-state index contributed by atoms with van der Waals surface area (Å²) in [5, 5.41) is 0. The van der Waals surface area contributed by atoms with Crippen molar-refractivity contribution >= 4 is 23.6 Å². The average Bonchev–Trinajstić information content (AvgIpc) is 2.67. The van der Waals surface area contributed by atoms with Crippen LogP contribution >= 0.6 is 0 Å². The fraction of sp³-hybridized carbons (Fsp3) is 0.182. The van der Waals surface area contributed by atoms with Crippen LogP contribution < -0.4 is 0 Å². The molecule has 0 atom stereocenters. The maximum atomic E-state index is 10.0. The molecular formula is C11H9N3O2. The van der Waals surface area contributed by atoms with Gasteiger partial charge in [0.2, 0.25) is 0 Å². The minimum absolute atomic E-state index is 0.231. The van der Waals surface area contributed by atoms with Crippen molar-refractivity contribution in [3.63, 3.8) is 0 Å². The maximum Gasteiger partial charge on any atom is 0.346 e. The Morgan fingerprint density at radius 3 is 3.00 bits per heavy atom.